The minimum atomic E-state index is -0.972. The second-order valence-corrected chi connectivity index (χ2v) is 3.63. The van der Waals surface area contributed by atoms with Crippen LogP contribution in [-0.2, 0) is 4.74 Å². The van der Waals surface area contributed by atoms with E-state index in [2.05, 4.69) is 9.72 Å². The minimum absolute atomic E-state index is 0.113. The van der Waals surface area contributed by atoms with E-state index in [9.17, 15) is 13.6 Å². The summed E-state index contributed by atoms with van der Waals surface area (Å²) in [6.07, 6.45) is 0. The van der Waals surface area contributed by atoms with Crippen LogP contribution in [0.5, 0.6) is 0 Å². The van der Waals surface area contributed by atoms with Gasteiger partial charge in [-0.3, -0.25) is 0 Å². The molecule has 0 amide bonds. The Bertz CT molecular complexity index is 608. The fraction of sp³-hybridized carbons (Fsp3) is 0.0833. The quantitative estimate of drug-likeness (QED) is 0.806. The first-order chi connectivity index (χ1) is 8.52. The normalized spacial score (nSPS) is 10.4. The van der Waals surface area contributed by atoms with Crippen LogP contribution in [0.25, 0.3) is 11.3 Å². The van der Waals surface area contributed by atoms with Crippen LogP contribution in [0.1, 0.15) is 10.4 Å². The predicted molar refractivity (Wildman–Crippen MR) is 61.9 cm³/mol. The van der Waals surface area contributed by atoms with Crippen molar-refractivity contribution in [3.8, 4) is 11.3 Å². The largest absolute Gasteiger partial charge is 0.465 e. The molecule has 2 rings (SSSR count). The van der Waals surface area contributed by atoms with Gasteiger partial charge in [0.25, 0.3) is 0 Å². The molecule has 0 spiro atoms. The summed E-state index contributed by atoms with van der Waals surface area (Å²) >= 11 is 0. The number of hydrogen-bond acceptors (Lipinski definition) is 3. The Labute approximate surface area is 101 Å². The Morgan fingerprint density at radius 2 is 2.00 bits per heavy atom. The molecule has 1 aromatic heterocycles. The van der Waals surface area contributed by atoms with Gasteiger partial charge >= 0.3 is 5.97 Å². The molecule has 2 aromatic rings. The van der Waals surface area contributed by atoms with E-state index < -0.39 is 17.6 Å². The molecule has 0 aliphatic heterocycles. The monoisotopic (exact) mass is 252 g/mol. The zero-order chi connectivity index (χ0) is 13.3. The number of methoxy groups -OCH3 is 1. The molecule has 0 aliphatic carbocycles. The van der Waals surface area contributed by atoms with E-state index in [4.69, 9.17) is 5.73 Å². The third-order valence-electron chi connectivity index (χ3n) is 2.48. The molecule has 6 heteroatoms. The first kappa shape index (κ1) is 12.1. The second kappa shape index (κ2) is 4.48. The van der Waals surface area contributed by atoms with E-state index >= 15 is 0 Å². The first-order valence-corrected chi connectivity index (χ1v) is 5.05. The van der Waals surface area contributed by atoms with Gasteiger partial charge in [-0.2, -0.15) is 0 Å². The summed E-state index contributed by atoms with van der Waals surface area (Å²) in [7, 11) is 1.23. The Balaban J connectivity index is 2.45. The summed E-state index contributed by atoms with van der Waals surface area (Å²) in [5.41, 5.74) is 6.54. The number of nitrogens with two attached hydrogens (primary N) is 1. The maximum absolute atomic E-state index is 13.1. The number of aromatic amines is 1. The van der Waals surface area contributed by atoms with Crippen LogP contribution in [-0.4, -0.2) is 18.1 Å². The number of ether oxygens (including phenoxy) is 1. The van der Waals surface area contributed by atoms with Gasteiger partial charge in [-0.25, -0.2) is 13.6 Å². The standard InChI is InChI=1S/C12H10F2N2O2/c1-18-12(17)7-5-10(16-11(7)15)6-2-3-8(13)9(14)4-6/h2-5,16H,15H2,1H3. The first-order valence-electron chi connectivity index (χ1n) is 5.05. The van der Waals surface area contributed by atoms with Gasteiger partial charge < -0.3 is 15.5 Å². The van der Waals surface area contributed by atoms with Crippen LogP contribution >= 0.6 is 0 Å². The molecule has 0 saturated carbocycles. The van der Waals surface area contributed by atoms with Crippen LogP contribution in [0.4, 0.5) is 14.6 Å². The van der Waals surface area contributed by atoms with Gasteiger partial charge in [0, 0.05) is 11.3 Å². The molecule has 0 aliphatic rings. The summed E-state index contributed by atoms with van der Waals surface area (Å²) < 4.78 is 30.4. The molecule has 0 unspecified atom stereocenters. The highest BCUT2D eigenvalue weighted by Crippen LogP contribution is 2.25. The van der Waals surface area contributed by atoms with E-state index in [1.807, 2.05) is 0 Å². The number of esters is 1. The number of nitrogen functional groups attached to an aromatic ring is 1. The maximum atomic E-state index is 13.1. The molecular formula is C12H10F2N2O2. The average molecular weight is 252 g/mol. The van der Waals surface area contributed by atoms with Crippen LogP contribution in [0.15, 0.2) is 24.3 Å². The Kier molecular flexibility index (Phi) is 3.01. The van der Waals surface area contributed by atoms with Gasteiger partial charge in [0.1, 0.15) is 11.4 Å². The summed E-state index contributed by atoms with van der Waals surface area (Å²) in [4.78, 5) is 14.1. The Hall–Kier alpha value is -2.37. The van der Waals surface area contributed by atoms with Gasteiger partial charge in [-0.05, 0) is 24.3 Å². The Morgan fingerprint density at radius 3 is 2.61 bits per heavy atom. The van der Waals surface area contributed by atoms with Crippen molar-refractivity contribution >= 4 is 11.8 Å². The minimum Gasteiger partial charge on any atom is -0.465 e. The van der Waals surface area contributed by atoms with Gasteiger partial charge in [-0.1, -0.05) is 0 Å². The molecule has 0 radical (unpaired) electrons. The number of benzene rings is 1. The van der Waals surface area contributed by atoms with Crippen molar-refractivity contribution in [2.45, 2.75) is 0 Å². The zero-order valence-electron chi connectivity index (χ0n) is 9.46. The van der Waals surface area contributed by atoms with E-state index in [0.717, 1.165) is 12.1 Å². The van der Waals surface area contributed by atoms with Gasteiger partial charge in [0.15, 0.2) is 11.6 Å². The fourth-order valence-electron chi connectivity index (χ4n) is 1.57. The van der Waals surface area contributed by atoms with Crippen molar-refractivity contribution in [1.82, 2.24) is 4.98 Å². The Morgan fingerprint density at radius 1 is 1.28 bits per heavy atom. The number of anilines is 1. The van der Waals surface area contributed by atoms with Crippen molar-refractivity contribution < 1.29 is 18.3 Å². The van der Waals surface area contributed by atoms with Crippen molar-refractivity contribution in [3.05, 3.63) is 41.5 Å². The maximum Gasteiger partial charge on any atom is 0.341 e. The number of nitrogens with one attached hydrogen (secondary N) is 1. The lowest BCUT2D eigenvalue weighted by Gasteiger charge is -1.98. The third-order valence-corrected chi connectivity index (χ3v) is 2.48. The number of hydrogen-bond donors (Lipinski definition) is 2. The molecule has 18 heavy (non-hydrogen) atoms. The highest BCUT2D eigenvalue weighted by atomic mass is 19.2. The molecule has 1 heterocycles. The molecule has 0 fully saturated rings. The number of carbonyl (C=O) groups excluding carboxylic acids is 1. The number of rotatable bonds is 2. The molecular weight excluding hydrogens is 242 g/mol. The topological polar surface area (TPSA) is 68.1 Å². The molecule has 4 nitrogen and oxygen atoms in total. The zero-order valence-corrected chi connectivity index (χ0v) is 9.46. The highest BCUT2D eigenvalue weighted by molar-refractivity contribution is 5.96. The van der Waals surface area contributed by atoms with E-state index in [-0.39, 0.29) is 11.4 Å². The smallest absolute Gasteiger partial charge is 0.341 e. The predicted octanol–water partition coefficient (Wildman–Crippen LogP) is 2.33. The van der Waals surface area contributed by atoms with Gasteiger partial charge in [-0.15, -0.1) is 0 Å². The lowest BCUT2D eigenvalue weighted by atomic mass is 10.1. The van der Waals surface area contributed by atoms with Crippen LogP contribution in [0.2, 0.25) is 0 Å². The van der Waals surface area contributed by atoms with Crippen molar-refractivity contribution in [2.24, 2.45) is 0 Å². The summed E-state index contributed by atoms with van der Waals surface area (Å²) in [5.74, 6) is -2.40. The molecule has 94 valence electrons. The van der Waals surface area contributed by atoms with E-state index in [1.165, 1.54) is 19.2 Å². The molecule has 0 atom stereocenters. The van der Waals surface area contributed by atoms with E-state index in [1.54, 1.807) is 0 Å². The van der Waals surface area contributed by atoms with Gasteiger partial charge in [0.2, 0.25) is 0 Å². The SMILES string of the molecule is COC(=O)c1cc(-c2ccc(F)c(F)c2)[nH]c1N. The number of H-pyrrole nitrogens is 1. The summed E-state index contributed by atoms with van der Waals surface area (Å²) in [5, 5.41) is 0. The number of halogens is 2. The lowest BCUT2D eigenvalue weighted by molar-refractivity contribution is 0.0602. The molecule has 1 aromatic carbocycles. The van der Waals surface area contributed by atoms with Crippen molar-refractivity contribution in [3.63, 3.8) is 0 Å². The third kappa shape index (κ3) is 2.04. The number of carbonyl (C=O) groups is 1. The molecule has 3 N–H and O–H groups in total. The van der Waals surface area contributed by atoms with Crippen molar-refractivity contribution in [2.75, 3.05) is 12.8 Å². The molecule has 0 saturated heterocycles. The molecule has 0 bridgehead atoms. The van der Waals surface area contributed by atoms with Crippen LogP contribution in [0.3, 0.4) is 0 Å². The van der Waals surface area contributed by atoms with Crippen LogP contribution in [0, 0.1) is 11.6 Å². The lowest BCUT2D eigenvalue weighted by Crippen LogP contribution is -2.02. The fourth-order valence-corrected chi connectivity index (χ4v) is 1.57. The summed E-state index contributed by atoms with van der Waals surface area (Å²) in [6, 6.07) is 4.82. The average Bonchev–Trinajstić information content (AvgIpc) is 2.74. The van der Waals surface area contributed by atoms with Crippen molar-refractivity contribution in [1.29, 1.82) is 0 Å². The van der Waals surface area contributed by atoms with Gasteiger partial charge in [0.05, 0.1) is 7.11 Å². The highest BCUT2D eigenvalue weighted by Gasteiger charge is 2.15. The second-order valence-electron chi connectivity index (χ2n) is 3.63. The number of aromatic nitrogens is 1. The van der Waals surface area contributed by atoms with E-state index in [0.29, 0.717) is 11.3 Å². The summed E-state index contributed by atoms with van der Waals surface area (Å²) in [6.45, 7) is 0. The van der Waals surface area contributed by atoms with Crippen LogP contribution < -0.4 is 5.73 Å².